The molecular formula is C10H12N2. The van der Waals surface area contributed by atoms with Crippen LogP contribution >= 0.6 is 0 Å². The predicted octanol–water partition coefficient (Wildman–Crippen LogP) is 1.83. The molecule has 12 heavy (non-hydrogen) atoms. The van der Waals surface area contributed by atoms with Crippen molar-refractivity contribution in [3.8, 4) is 0 Å². The van der Waals surface area contributed by atoms with Crippen molar-refractivity contribution < 1.29 is 0 Å². The van der Waals surface area contributed by atoms with Gasteiger partial charge in [0.25, 0.3) is 0 Å². The molecule has 1 heterocycles. The molecule has 2 heteroatoms. The Morgan fingerprint density at radius 1 is 1.25 bits per heavy atom. The van der Waals surface area contributed by atoms with Crippen LogP contribution in [0.3, 0.4) is 0 Å². The summed E-state index contributed by atoms with van der Waals surface area (Å²) in [5.74, 6) is 0.519. The minimum atomic E-state index is 0.519. The van der Waals surface area contributed by atoms with E-state index in [0.717, 1.165) is 18.7 Å². The molecule has 0 spiro atoms. The zero-order valence-electron chi connectivity index (χ0n) is 6.90. The van der Waals surface area contributed by atoms with Crippen LogP contribution in [0.2, 0.25) is 0 Å². The summed E-state index contributed by atoms with van der Waals surface area (Å²) >= 11 is 0. The number of aliphatic imine (C=N–C) groups is 1. The summed E-state index contributed by atoms with van der Waals surface area (Å²) in [4.78, 5) is 4.21. The van der Waals surface area contributed by atoms with E-state index in [1.165, 1.54) is 5.56 Å². The Morgan fingerprint density at radius 3 is 2.58 bits per heavy atom. The van der Waals surface area contributed by atoms with Crippen LogP contribution < -0.4 is 5.73 Å². The topological polar surface area (TPSA) is 38.4 Å². The van der Waals surface area contributed by atoms with E-state index in [-0.39, 0.29) is 0 Å². The van der Waals surface area contributed by atoms with E-state index in [0.29, 0.717) is 5.92 Å². The van der Waals surface area contributed by atoms with Gasteiger partial charge in [-0.15, -0.1) is 0 Å². The van der Waals surface area contributed by atoms with Crippen LogP contribution in [0.1, 0.15) is 17.9 Å². The van der Waals surface area contributed by atoms with E-state index in [4.69, 9.17) is 5.73 Å². The van der Waals surface area contributed by atoms with Gasteiger partial charge in [0.2, 0.25) is 0 Å². The van der Waals surface area contributed by atoms with E-state index in [2.05, 4.69) is 17.1 Å². The molecule has 0 bridgehead atoms. The molecule has 62 valence electrons. The summed E-state index contributed by atoms with van der Waals surface area (Å²) in [7, 11) is 0. The monoisotopic (exact) mass is 160 g/mol. The maximum absolute atomic E-state index is 5.59. The highest BCUT2D eigenvalue weighted by atomic mass is 14.7. The average molecular weight is 160 g/mol. The molecule has 0 radical (unpaired) electrons. The smallest absolute Gasteiger partial charge is 0.0395 e. The number of hydrogen-bond donors (Lipinski definition) is 1. The summed E-state index contributed by atoms with van der Waals surface area (Å²) in [6.07, 6.45) is 3.18. The van der Waals surface area contributed by atoms with E-state index in [1.807, 2.05) is 18.3 Å². The second-order valence-corrected chi connectivity index (χ2v) is 3.12. The lowest BCUT2D eigenvalue weighted by Gasteiger charge is -2.05. The Kier molecular flexibility index (Phi) is 1.82. The molecule has 0 aromatic heterocycles. The summed E-state index contributed by atoms with van der Waals surface area (Å²) in [5, 5.41) is 0. The SMILES string of the molecule is Nc1ccc(C2C=NCC2)cc1. The predicted molar refractivity (Wildman–Crippen MR) is 51.6 cm³/mol. The fourth-order valence-corrected chi connectivity index (χ4v) is 1.49. The van der Waals surface area contributed by atoms with E-state index >= 15 is 0 Å². The maximum atomic E-state index is 5.59. The molecule has 1 aromatic carbocycles. The van der Waals surface area contributed by atoms with Crippen LogP contribution in [0, 0.1) is 0 Å². The number of nitrogen functional groups attached to an aromatic ring is 1. The molecule has 0 saturated heterocycles. The molecule has 0 fully saturated rings. The van der Waals surface area contributed by atoms with Crippen LogP contribution in [-0.4, -0.2) is 12.8 Å². The maximum Gasteiger partial charge on any atom is 0.0395 e. The van der Waals surface area contributed by atoms with Gasteiger partial charge in [0.15, 0.2) is 0 Å². The van der Waals surface area contributed by atoms with Crippen molar-refractivity contribution in [2.24, 2.45) is 4.99 Å². The Morgan fingerprint density at radius 2 is 2.00 bits per heavy atom. The molecular weight excluding hydrogens is 148 g/mol. The van der Waals surface area contributed by atoms with E-state index in [1.54, 1.807) is 0 Å². The molecule has 1 atom stereocenters. The molecule has 0 amide bonds. The number of nitrogens with zero attached hydrogens (tertiary/aromatic N) is 1. The fraction of sp³-hybridized carbons (Fsp3) is 0.300. The van der Waals surface area contributed by atoms with Crippen molar-refractivity contribution in [1.82, 2.24) is 0 Å². The average Bonchev–Trinajstić information content (AvgIpc) is 2.58. The molecule has 2 N–H and O–H groups in total. The van der Waals surface area contributed by atoms with Gasteiger partial charge in [0.05, 0.1) is 0 Å². The van der Waals surface area contributed by atoms with Gasteiger partial charge in [-0.2, -0.15) is 0 Å². The van der Waals surface area contributed by atoms with E-state index < -0.39 is 0 Å². The highest BCUT2D eigenvalue weighted by molar-refractivity contribution is 5.70. The zero-order chi connectivity index (χ0) is 8.39. The normalized spacial score (nSPS) is 21.5. The first-order valence-electron chi connectivity index (χ1n) is 4.21. The molecule has 1 unspecified atom stereocenters. The highest BCUT2D eigenvalue weighted by Crippen LogP contribution is 2.22. The largest absolute Gasteiger partial charge is 0.399 e. The lowest BCUT2D eigenvalue weighted by atomic mass is 9.99. The molecule has 1 aromatic rings. The second-order valence-electron chi connectivity index (χ2n) is 3.12. The van der Waals surface area contributed by atoms with Crippen molar-refractivity contribution in [3.05, 3.63) is 29.8 Å². The Bertz CT molecular complexity index is 287. The van der Waals surface area contributed by atoms with E-state index in [9.17, 15) is 0 Å². The summed E-state index contributed by atoms with van der Waals surface area (Å²) in [6, 6.07) is 8.05. The van der Waals surface area contributed by atoms with Gasteiger partial charge >= 0.3 is 0 Å². The fourth-order valence-electron chi connectivity index (χ4n) is 1.49. The van der Waals surface area contributed by atoms with Crippen molar-refractivity contribution in [2.75, 3.05) is 12.3 Å². The third-order valence-electron chi connectivity index (χ3n) is 2.22. The highest BCUT2D eigenvalue weighted by Gasteiger charge is 2.11. The van der Waals surface area contributed by atoms with Gasteiger partial charge in [-0.1, -0.05) is 12.1 Å². The molecule has 0 saturated carbocycles. The van der Waals surface area contributed by atoms with Crippen LogP contribution in [0.4, 0.5) is 5.69 Å². The zero-order valence-corrected chi connectivity index (χ0v) is 6.90. The van der Waals surface area contributed by atoms with Gasteiger partial charge in [-0.25, -0.2) is 0 Å². The van der Waals surface area contributed by atoms with Gasteiger partial charge < -0.3 is 5.73 Å². The number of hydrogen-bond acceptors (Lipinski definition) is 2. The molecule has 1 aliphatic heterocycles. The van der Waals surface area contributed by atoms with Crippen molar-refractivity contribution >= 4 is 11.9 Å². The number of benzene rings is 1. The van der Waals surface area contributed by atoms with Crippen molar-refractivity contribution in [3.63, 3.8) is 0 Å². The molecule has 1 aliphatic rings. The Balaban J connectivity index is 2.23. The third-order valence-corrected chi connectivity index (χ3v) is 2.22. The number of rotatable bonds is 1. The summed E-state index contributed by atoms with van der Waals surface area (Å²) in [6.45, 7) is 0.967. The third kappa shape index (κ3) is 1.33. The lowest BCUT2D eigenvalue weighted by Crippen LogP contribution is -1.95. The standard InChI is InChI=1S/C10H12N2/c11-10-3-1-8(2-4-10)9-5-6-12-7-9/h1-4,7,9H,5-6,11H2. The second kappa shape index (κ2) is 2.97. The van der Waals surface area contributed by atoms with Gasteiger partial charge in [0, 0.05) is 24.4 Å². The Hall–Kier alpha value is -1.31. The number of nitrogens with two attached hydrogens (primary N) is 1. The van der Waals surface area contributed by atoms with Crippen molar-refractivity contribution in [2.45, 2.75) is 12.3 Å². The van der Waals surface area contributed by atoms with Gasteiger partial charge in [0.1, 0.15) is 0 Å². The first-order chi connectivity index (χ1) is 5.86. The van der Waals surface area contributed by atoms with Crippen LogP contribution in [0.25, 0.3) is 0 Å². The Labute approximate surface area is 72.1 Å². The molecule has 2 nitrogen and oxygen atoms in total. The molecule has 2 rings (SSSR count). The van der Waals surface area contributed by atoms with Gasteiger partial charge in [-0.05, 0) is 24.1 Å². The quantitative estimate of drug-likeness (QED) is 0.625. The summed E-state index contributed by atoms with van der Waals surface area (Å²) in [5.41, 5.74) is 7.74. The minimum absolute atomic E-state index is 0.519. The molecule has 0 aliphatic carbocycles. The van der Waals surface area contributed by atoms with Gasteiger partial charge in [-0.3, -0.25) is 4.99 Å². The van der Waals surface area contributed by atoms with Crippen LogP contribution in [0.15, 0.2) is 29.3 Å². The summed E-state index contributed by atoms with van der Waals surface area (Å²) < 4.78 is 0. The minimum Gasteiger partial charge on any atom is -0.399 e. The van der Waals surface area contributed by atoms with Crippen LogP contribution in [-0.2, 0) is 0 Å². The number of anilines is 1. The first-order valence-corrected chi connectivity index (χ1v) is 4.21. The first kappa shape index (κ1) is 7.35. The van der Waals surface area contributed by atoms with Crippen molar-refractivity contribution in [1.29, 1.82) is 0 Å². The van der Waals surface area contributed by atoms with Crippen LogP contribution in [0.5, 0.6) is 0 Å². The lowest BCUT2D eigenvalue weighted by molar-refractivity contribution is 0.847.